The molecule has 80 valence electrons. The average molecular weight is 230 g/mol. The van der Waals surface area contributed by atoms with E-state index in [0.29, 0.717) is 0 Å². The predicted octanol–water partition coefficient (Wildman–Crippen LogP) is 2.04. The summed E-state index contributed by atoms with van der Waals surface area (Å²) < 4.78 is 0.460. The molecular formula is C10H18N2S2. The summed E-state index contributed by atoms with van der Waals surface area (Å²) in [4.78, 5) is 0. The minimum Gasteiger partial charge on any atom is -0.343 e. The fraction of sp³-hybridized carbons (Fsp3) is 0.800. The zero-order valence-corrected chi connectivity index (χ0v) is 10.9. The lowest BCUT2D eigenvalue weighted by Gasteiger charge is -2.30. The normalized spacial score (nSPS) is 24.9. The summed E-state index contributed by atoms with van der Waals surface area (Å²) in [6.45, 7) is 10.8. The summed E-state index contributed by atoms with van der Waals surface area (Å²) in [5.74, 6) is 0. The Morgan fingerprint density at radius 1 is 0.857 bits per heavy atom. The third-order valence-electron chi connectivity index (χ3n) is 1.76. The molecule has 2 N–H and O–H groups in total. The molecule has 0 fully saturated rings. The molecule has 0 amide bonds. The maximum Gasteiger partial charge on any atom is 0.0387 e. The highest BCUT2D eigenvalue weighted by Gasteiger charge is 2.26. The molecular weight excluding hydrogens is 212 g/mol. The quantitative estimate of drug-likeness (QED) is 0.491. The molecule has 0 saturated heterocycles. The van der Waals surface area contributed by atoms with Crippen LogP contribution < -0.4 is 10.6 Å². The Morgan fingerprint density at radius 2 is 1.21 bits per heavy atom. The first-order valence-electron chi connectivity index (χ1n) is 4.74. The molecule has 0 aromatic heterocycles. The van der Waals surface area contributed by atoms with Crippen molar-refractivity contribution in [3.8, 4) is 12.1 Å². The zero-order chi connectivity index (χ0) is 10.7. The summed E-state index contributed by atoms with van der Waals surface area (Å²) in [6.07, 6.45) is 0. The standard InChI is InChI=1S/C10H18N2S2/c1-9(2)7-11-5-6-12-8-10(3,4)14-13-9/h11-12H,7-8H2,1-4H3. The smallest absolute Gasteiger partial charge is 0.0387 e. The summed E-state index contributed by atoms with van der Waals surface area (Å²) in [5.41, 5.74) is 0. The number of nitrogens with one attached hydrogen (secondary N) is 2. The molecule has 1 heterocycles. The third kappa shape index (κ3) is 4.39. The van der Waals surface area contributed by atoms with Crippen molar-refractivity contribution in [3.63, 3.8) is 0 Å². The van der Waals surface area contributed by atoms with E-state index in [-0.39, 0.29) is 9.49 Å². The second-order valence-corrected chi connectivity index (χ2v) is 8.19. The molecule has 0 spiro atoms. The third-order valence-corrected chi connectivity index (χ3v) is 5.99. The van der Waals surface area contributed by atoms with E-state index in [9.17, 15) is 0 Å². The molecule has 14 heavy (non-hydrogen) atoms. The van der Waals surface area contributed by atoms with Gasteiger partial charge in [0.1, 0.15) is 0 Å². The van der Waals surface area contributed by atoms with Gasteiger partial charge < -0.3 is 10.6 Å². The van der Waals surface area contributed by atoms with E-state index >= 15 is 0 Å². The van der Waals surface area contributed by atoms with Gasteiger partial charge in [-0.1, -0.05) is 21.6 Å². The van der Waals surface area contributed by atoms with Gasteiger partial charge in [0.25, 0.3) is 0 Å². The molecule has 1 aliphatic heterocycles. The predicted molar refractivity (Wildman–Crippen MR) is 67.1 cm³/mol. The van der Waals surface area contributed by atoms with Crippen LogP contribution in [0, 0.1) is 12.1 Å². The molecule has 0 aromatic rings. The largest absolute Gasteiger partial charge is 0.343 e. The van der Waals surface area contributed by atoms with Gasteiger partial charge in [0.05, 0.1) is 0 Å². The van der Waals surface area contributed by atoms with Crippen molar-refractivity contribution < 1.29 is 0 Å². The van der Waals surface area contributed by atoms with E-state index in [0.717, 1.165) is 13.1 Å². The molecule has 0 saturated carbocycles. The van der Waals surface area contributed by atoms with Crippen molar-refractivity contribution in [2.24, 2.45) is 0 Å². The molecule has 0 aliphatic carbocycles. The van der Waals surface area contributed by atoms with Gasteiger partial charge in [-0.3, -0.25) is 0 Å². The summed E-state index contributed by atoms with van der Waals surface area (Å²) in [5, 5.41) is 6.23. The Labute approximate surface area is 94.8 Å². The molecule has 1 rings (SSSR count). The van der Waals surface area contributed by atoms with Crippen molar-refractivity contribution in [1.29, 1.82) is 0 Å². The van der Waals surface area contributed by atoms with Crippen molar-refractivity contribution >= 4 is 21.6 Å². The Bertz CT molecular complexity index is 227. The lowest BCUT2D eigenvalue weighted by molar-refractivity contribution is 0.658. The van der Waals surface area contributed by atoms with Crippen molar-refractivity contribution in [1.82, 2.24) is 10.6 Å². The summed E-state index contributed by atoms with van der Waals surface area (Å²) >= 11 is 0. The topological polar surface area (TPSA) is 24.1 Å². The first-order valence-corrected chi connectivity index (χ1v) is 6.89. The van der Waals surface area contributed by atoms with Crippen LogP contribution in [0.25, 0.3) is 0 Å². The van der Waals surface area contributed by atoms with Crippen LogP contribution in [-0.2, 0) is 0 Å². The van der Waals surface area contributed by atoms with Gasteiger partial charge in [-0.05, 0) is 27.7 Å². The zero-order valence-electron chi connectivity index (χ0n) is 9.23. The summed E-state index contributed by atoms with van der Waals surface area (Å²) in [7, 11) is 3.86. The summed E-state index contributed by atoms with van der Waals surface area (Å²) in [6, 6.07) is 5.83. The van der Waals surface area contributed by atoms with Crippen molar-refractivity contribution in [2.45, 2.75) is 37.2 Å². The van der Waals surface area contributed by atoms with Crippen LogP contribution in [0.4, 0.5) is 0 Å². The highest BCUT2D eigenvalue weighted by atomic mass is 33.1. The molecule has 0 aromatic carbocycles. The first kappa shape index (κ1) is 11.9. The van der Waals surface area contributed by atoms with Gasteiger partial charge in [0, 0.05) is 34.7 Å². The van der Waals surface area contributed by atoms with Gasteiger partial charge in [0.15, 0.2) is 0 Å². The van der Waals surface area contributed by atoms with Crippen LogP contribution in [-0.4, -0.2) is 22.6 Å². The van der Waals surface area contributed by atoms with Crippen LogP contribution in [0.5, 0.6) is 0 Å². The fourth-order valence-electron chi connectivity index (χ4n) is 0.887. The van der Waals surface area contributed by atoms with Crippen LogP contribution in [0.2, 0.25) is 0 Å². The first-order chi connectivity index (χ1) is 6.41. The van der Waals surface area contributed by atoms with Crippen molar-refractivity contribution in [3.05, 3.63) is 0 Å². The maximum atomic E-state index is 3.11. The van der Waals surface area contributed by atoms with Gasteiger partial charge in [-0.2, -0.15) is 0 Å². The number of hydrogen-bond donors (Lipinski definition) is 2. The van der Waals surface area contributed by atoms with Gasteiger partial charge in [-0.15, -0.1) is 0 Å². The Balaban J connectivity index is 2.64. The highest BCUT2D eigenvalue weighted by Crippen LogP contribution is 2.42. The number of hydrogen-bond acceptors (Lipinski definition) is 4. The fourth-order valence-corrected chi connectivity index (χ4v) is 3.31. The lowest BCUT2D eigenvalue weighted by Crippen LogP contribution is -2.34. The Hall–Kier alpha value is -0.140. The van der Waals surface area contributed by atoms with E-state index in [4.69, 9.17) is 0 Å². The maximum absolute atomic E-state index is 3.11. The number of rotatable bonds is 0. The second kappa shape index (κ2) is 4.59. The highest BCUT2D eigenvalue weighted by molar-refractivity contribution is 8.77. The SMILES string of the molecule is CC1(C)CNC#CNCC(C)(C)SS1. The van der Waals surface area contributed by atoms with E-state index in [1.165, 1.54) is 0 Å². The lowest BCUT2D eigenvalue weighted by atomic mass is 10.2. The van der Waals surface area contributed by atoms with Gasteiger partial charge in [-0.25, -0.2) is 0 Å². The minimum absolute atomic E-state index is 0.230. The van der Waals surface area contributed by atoms with Crippen LogP contribution >= 0.6 is 21.6 Å². The average Bonchev–Trinajstić information content (AvgIpc) is 2.08. The second-order valence-electron chi connectivity index (χ2n) is 4.64. The Morgan fingerprint density at radius 3 is 1.57 bits per heavy atom. The van der Waals surface area contributed by atoms with E-state index in [1.807, 2.05) is 21.6 Å². The van der Waals surface area contributed by atoms with E-state index in [1.54, 1.807) is 0 Å². The van der Waals surface area contributed by atoms with Crippen molar-refractivity contribution in [2.75, 3.05) is 13.1 Å². The van der Waals surface area contributed by atoms with Crippen LogP contribution in [0.15, 0.2) is 0 Å². The molecule has 0 unspecified atom stereocenters. The molecule has 4 heteroatoms. The molecule has 1 aliphatic rings. The van der Waals surface area contributed by atoms with E-state index < -0.39 is 0 Å². The van der Waals surface area contributed by atoms with Gasteiger partial charge >= 0.3 is 0 Å². The molecule has 0 atom stereocenters. The molecule has 0 bridgehead atoms. The monoisotopic (exact) mass is 230 g/mol. The molecule has 0 radical (unpaired) electrons. The van der Waals surface area contributed by atoms with E-state index in [2.05, 4.69) is 50.4 Å². The van der Waals surface area contributed by atoms with Gasteiger partial charge in [0.2, 0.25) is 0 Å². The molecule has 2 nitrogen and oxygen atoms in total. The Kier molecular flexibility index (Phi) is 3.91. The van der Waals surface area contributed by atoms with Crippen LogP contribution in [0.1, 0.15) is 27.7 Å². The van der Waals surface area contributed by atoms with Crippen LogP contribution in [0.3, 0.4) is 0 Å². The minimum atomic E-state index is 0.230.